The third-order valence-corrected chi connectivity index (χ3v) is 3.04. The molecule has 2 aliphatic rings. The van der Waals surface area contributed by atoms with E-state index in [4.69, 9.17) is 28.4 Å². The van der Waals surface area contributed by atoms with Gasteiger partial charge >= 0.3 is 0 Å². The van der Waals surface area contributed by atoms with E-state index in [0.29, 0.717) is 13.2 Å². The minimum atomic E-state index is -0.700. The highest BCUT2D eigenvalue weighted by atomic mass is 16.8. The van der Waals surface area contributed by atoms with Gasteiger partial charge in [0.25, 0.3) is 0 Å². The first-order valence-corrected chi connectivity index (χ1v) is 6.37. The van der Waals surface area contributed by atoms with Gasteiger partial charge in [-0.3, -0.25) is 0 Å². The van der Waals surface area contributed by atoms with E-state index in [-0.39, 0.29) is 19.5 Å². The molecule has 0 aliphatic carbocycles. The van der Waals surface area contributed by atoms with Crippen LogP contribution >= 0.6 is 0 Å². The highest BCUT2D eigenvalue weighted by Gasteiger charge is 2.55. The van der Waals surface area contributed by atoms with Crippen LogP contribution in [-0.2, 0) is 28.4 Å². The van der Waals surface area contributed by atoms with E-state index in [2.05, 4.69) is 0 Å². The van der Waals surface area contributed by atoms with Crippen molar-refractivity contribution in [1.29, 1.82) is 0 Å². The molecular weight excluding hydrogens is 256 g/mol. The maximum Gasteiger partial charge on any atom is 0.190 e. The van der Waals surface area contributed by atoms with Gasteiger partial charge in [0.05, 0.1) is 19.8 Å². The Morgan fingerprint density at radius 3 is 2.68 bits per heavy atom. The number of aliphatic hydroxyl groups excluding tert-OH is 1. The van der Waals surface area contributed by atoms with Crippen LogP contribution in [0.2, 0.25) is 0 Å². The van der Waals surface area contributed by atoms with Gasteiger partial charge in [-0.05, 0) is 13.8 Å². The van der Waals surface area contributed by atoms with Crippen LogP contribution in [-0.4, -0.2) is 69.2 Å². The van der Waals surface area contributed by atoms with Gasteiger partial charge in [0.2, 0.25) is 0 Å². The van der Waals surface area contributed by atoms with Gasteiger partial charge in [0.15, 0.2) is 12.1 Å². The first kappa shape index (κ1) is 15.1. The van der Waals surface area contributed by atoms with Crippen LogP contribution < -0.4 is 0 Å². The molecule has 2 aliphatic heterocycles. The molecule has 2 heterocycles. The quantitative estimate of drug-likeness (QED) is 0.513. The molecule has 0 aromatic carbocycles. The number of hydrogen-bond acceptors (Lipinski definition) is 7. The minimum absolute atomic E-state index is 0.0981. The molecule has 2 saturated heterocycles. The van der Waals surface area contributed by atoms with E-state index in [9.17, 15) is 5.11 Å². The Morgan fingerprint density at radius 2 is 2.00 bits per heavy atom. The Hall–Kier alpha value is -0.280. The van der Waals surface area contributed by atoms with E-state index in [1.165, 1.54) is 0 Å². The second-order valence-electron chi connectivity index (χ2n) is 4.98. The average molecular weight is 278 g/mol. The second-order valence-corrected chi connectivity index (χ2v) is 4.98. The zero-order valence-electron chi connectivity index (χ0n) is 11.5. The van der Waals surface area contributed by atoms with Gasteiger partial charge in [-0.25, -0.2) is 0 Å². The molecule has 0 aromatic heterocycles. The van der Waals surface area contributed by atoms with Crippen LogP contribution in [0.3, 0.4) is 0 Å². The van der Waals surface area contributed by atoms with Crippen molar-refractivity contribution in [1.82, 2.24) is 0 Å². The number of aliphatic hydroxyl groups is 1. The summed E-state index contributed by atoms with van der Waals surface area (Å²) < 4.78 is 32.6. The Morgan fingerprint density at radius 1 is 1.21 bits per heavy atom. The SMILES string of the molecule is COCCOCO[C@@H]1[C@H]2OC(C)(C)O[C@H]2O[C@@H]1CO. The summed E-state index contributed by atoms with van der Waals surface area (Å²) >= 11 is 0. The molecular formula is C12H22O7. The van der Waals surface area contributed by atoms with E-state index < -0.39 is 24.3 Å². The first-order valence-electron chi connectivity index (χ1n) is 6.37. The third-order valence-electron chi connectivity index (χ3n) is 3.04. The zero-order valence-corrected chi connectivity index (χ0v) is 11.5. The fraction of sp³-hybridized carbons (Fsp3) is 1.00. The molecule has 0 aromatic rings. The Labute approximate surface area is 112 Å². The average Bonchev–Trinajstić information content (AvgIpc) is 2.81. The fourth-order valence-corrected chi connectivity index (χ4v) is 2.22. The van der Waals surface area contributed by atoms with Crippen molar-refractivity contribution in [2.45, 2.75) is 44.2 Å². The summed E-state index contributed by atoms with van der Waals surface area (Å²) in [7, 11) is 1.60. The van der Waals surface area contributed by atoms with Crippen molar-refractivity contribution in [3.8, 4) is 0 Å². The number of methoxy groups -OCH3 is 1. The monoisotopic (exact) mass is 278 g/mol. The summed E-state index contributed by atoms with van der Waals surface area (Å²) in [4.78, 5) is 0. The largest absolute Gasteiger partial charge is 0.394 e. The number of fused-ring (bicyclic) bond motifs is 1. The van der Waals surface area contributed by atoms with Crippen LogP contribution in [0.4, 0.5) is 0 Å². The van der Waals surface area contributed by atoms with Crippen molar-refractivity contribution in [2.24, 2.45) is 0 Å². The third kappa shape index (κ3) is 3.63. The van der Waals surface area contributed by atoms with Gasteiger partial charge in [-0.2, -0.15) is 0 Å². The van der Waals surface area contributed by atoms with Gasteiger partial charge in [0, 0.05) is 7.11 Å². The molecule has 0 amide bonds. The van der Waals surface area contributed by atoms with Gasteiger partial charge in [0.1, 0.15) is 25.1 Å². The highest BCUT2D eigenvalue weighted by Crippen LogP contribution is 2.38. The van der Waals surface area contributed by atoms with E-state index >= 15 is 0 Å². The van der Waals surface area contributed by atoms with E-state index in [1.807, 2.05) is 13.8 Å². The zero-order chi connectivity index (χ0) is 13.9. The molecule has 0 radical (unpaired) electrons. The van der Waals surface area contributed by atoms with Crippen molar-refractivity contribution in [3.63, 3.8) is 0 Å². The van der Waals surface area contributed by atoms with Crippen LogP contribution in [0.15, 0.2) is 0 Å². The van der Waals surface area contributed by atoms with Crippen molar-refractivity contribution < 1.29 is 33.5 Å². The normalized spacial score (nSPS) is 36.6. The Bertz CT molecular complexity index is 283. The lowest BCUT2D eigenvalue weighted by Gasteiger charge is -2.24. The maximum absolute atomic E-state index is 9.29. The molecule has 2 fully saturated rings. The summed E-state index contributed by atoms with van der Waals surface area (Å²) in [6, 6.07) is 0. The number of ether oxygens (including phenoxy) is 6. The van der Waals surface area contributed by atoms with Crippen LogP contribution in [0.5, 0.6) is 0 Å². The van der Waals surface area contributed by atoms with Crippen LogP contribution in [0, 0.1) is 0 Å². The molecule has 0 saturated carbocycles. The fourth-order valence-electron chi connectivity index (χ4n) is 2.22. The Kier molecular flexibility index (Phi) is 5.13. The van der Waals surface area contributed by atoms with Gasteiger partial charge in [-0.1, -0.05) is 0 Å². The maximum atomic E-state index is 9.29. The van der Waals surface area contributed by atoms with E-state index in [1.54, 1.807) is 7.11 Å². The molecule has 7 nitrogen and oxygen atoms in total. The lowest BCUT2D eigenvalue weighted by Crippen LogP contribution is -2.39. The number of rotatable bonds is 7. The molecule has 0 bridgehead atoms. The van der Waals surface area contributed by atoms with E-state index in [0.717, 1.165) is 0 Å². The summed E-state index contributed by atoms with van der Waals surface area (Å²) in [5.74, 6) is -0.700. The molecule has 0 unspecified atom stereocenters. The molecule has 19 heavy (non-hydrogen) atoms. The second kappa shape index (κ2) is 6.45. The number of hydrogen-bond donors (Lipinski definition) is 1. The summed E-state index contributed by atoms with van der Waals surface area (Å²) in [5, 5.41) is 9.29. The predicted molar refractivity (Wildman–Crippen MR) is 63.4 cm³/mol. The van der Waals surface area contributed by atoms with Gasteiger partial charge in [-0.15, -0.1) is 0 Å². The molecule has 112 valence electrons. The lowest BCUT2D eigenvalue weighted by atomic mass is 10.1. The highest BCUT2D eigenvalue weighted by molar-refractivity contribution is 4.93. The topological polar surface area (TPSA) is 75.6 Å². The standard InChI is InChI=1S/C12H22O7/c1-12(2)18-10-9(16-7-15-5-4-14-3)8(6-13)17-11(10)19-12/h8-11,13H,4-7H2,1-3H3/t8-,9+,10-,11-/m1/s1. The van der Waals surface area contributed by atoms with Crippen molar-refractivity contribution in [3.05, 3.63) is 0 Å². The molecule has 7 heteroatoms. The van der Waals surface area contributed by atoms with Crippen molar-refractivity contribution in [2.75, 3.05) is 33.7 Å². The van der Waals surface area contributed by atoms with Crippen LogP contribution in [0.1, 0.15) is 13.8 Å². The summed E-state index contributed by atoms with van der Waals surface area (Å²) in [6.45, 7) is 4.53. The van der Waals surface area contributed by atoms with Crippen LogP contribution in [0.25, 0.3) is 0 Å². The van der Waals surface area contributed by atoms with Crippen molar-refractivity contribution >= 4 is 0 Å². The molecule has 4 atom stereocenters. The Balaban J connectivity index is 1.82. The smallest absolute Gasteiger partial charge is 0.190 e. The summed E-state index contributed by atoms with van der Waals surface area (Å²) in [6.07, 6.45) is -1.72. The minimum Gasteiger partial charge on any atom is -0.394 e. The summed E-state index contributed by atoms with van der Waals surface area (Å²) in [5.41, 5.74) is 0. The first-order chi connectivity index (χ1) is 9.07. The molecule has 2 rings (SSSR count). The van der Waals surface area contributed by atoms with Gasteiger partial charge < -0.3 is 33.5 Å². The lowest BCUT2D eigenvalue weighted by molar-refractivity contribution is -0.229. The molecule has 1 N–H and O–H groups in total. The predicted octanol–water partition coefficient (Wildman–Crippen LogP) is -0.139. The molecule has 0 spiro atoms.